The lowest BCUT2D eigenvalue weighted by molar-refractivity contribution is 0.324. The van der Waals surface area contributed by atoms with Gasteiger partial charge in [0.05, 0.1) is 33.2 Å². The van der Waals surface area contributed by atoms with Gasteiger partial charge in [-0.05, 0) is 54.1 Å². The van der Waals surface area contributed by atoms with Crippen LogP contribution in [-0.4, -0.2) is 41.0 Å². The number of imidazole rings is 1. The van der Waals surface area contributed by atoms with Gasteiger partial charge in [0.25, 0.3) is 0 Å². The highest BCUT2D eigenvalue weighted by molar-refractivity contribution is 5.64. The van der Waals surface area contributed by atoms with Crippen LogP contribution in [0.25, 0.3) is 16.9 Å². The van der Waals surface area contributed by atoms with Crippen molar-refractivity contribution >= 4 is 11.5 Å². The molecule has 8 heteroatoms. The number of anilines is 1. The van der Waals surface area contributed by atoms with E-state index < -0.39 is 0 Å². The molecular weight excluding hydrogens is 384 g/mol. The first-order valence-corrected chi connectivity index (χ1v) is 9.30. The van der Waals surface area contributed by atoms with Crippen LogP contribution >= 0.6 is 0 Å². The molecule has 0 radical (unpaired) electrons. The standard InChI is InChI=1S/C22H22N4O4/c1-28-18-10-14(11-19(29-2)22(18)30-3)12-23-20-8-9-21-24-13-17(26(21)25-20)15-4-6-16(27)7-5-15/h4-11,13,27H,12H2,1-3H3,(H,23,25). The van der Waals surface area contributed by atoms with E-state index in [4.69, 9.17) is 14.2 Å². The Morgan fingerprint density at radius 3 is 2.27 bits per heavy atom. The van der Waals surface area contributed by atoms with E-state index in [0.717, 1.165) is 22.5 Å². The fourth-order valence-electron chi connectivity index (χ4n) is 3.23. The molecule has 0 saturated heterocycles. The number of hydrogen-bond acceptors (Lipinski definition) is 7. The number of phenols is 1. The molecule has 0 saturated carbocycles. The fraction of sp³-hybridized carbons (Fsp3) is 0.182. The van der Waals surface area contributed by atoms with Gasteiger partial charge in [-0.15, -0.1) is 5.10 Å². The number of aromatic hydroxyl groups is 1. The second-order valence-electron chi connectivity index (χ2n) is 6.57. The molecule has 0 aliphatic carbocycles. The summed E-state index contributed by atoms with van der Waals surface area (Å²) in [6, 6.07) is 14.5. The largest absolute Gasteiger partial charge is 0.508 e. The summed E-state index contributed by atoms with van der Waals surface area (Å²) in [6.07, 6.45) is 1.76. The highest BCUT2D eigenvalue weighted by Crippen LogP contribution is 2.38. The number of rotatable bonds is 7. The Labute approximate surface area is 173 Å². The first-order valence-electron chi connectivity index (χ1n) is 9.30. The van der Waals surface area contributed by atoms with Crippen molar-refractivity contribution in [2.75, 3.05) is 26.6 Å². The van der Waals surface area contributed by atoms with E-state index in [2.05, 4.69) is 15.4 Å². The molecule has 0 fully saturated rings. The minimum Gasteiger partial charge on any atom is -0.508 e. The molecular formula is C22H22N4O4. The summed E-state index contributed by atoms with van der Waals surface area (Å²) in [5.74, 6) is 2.66. The van der Waals surface area contributed by atoms with Crippen molar-refractivity contribution in [3.8, 4) is 34.3 Å². The first-order chi connectivity index (χ1) is 14.6. The van der Waals surface area contributed by atoms with Gasteiger partial charge in [-0.1, -0.05) is 0 Å². The summed E-state index contributed by atoms with van der Waals surface area (Å²) in [5.41, 5.74) is 3.43. The number of hydrogen-bond donors (Lipinski definition) is 2. The van der Waals surface area contributed by atoms with Crippen LogP contribution in [0, 0.1) is 0 Å². The Bertz CT molecular complexity index is 1150. The molecule has 4 rings (SSSR count). The molecule has 8 nitrogen and oxygen atoms in total. The number of nitrogens with zero attached hydrogens (tertiary/aromatic N) is 3. The molecule has 2 aromatic carbocycles. The average Bonchev–Trinajstić information content (AvgIpc) is 3.20. The molecule has 0 atom stereocenters. The lowest BCUT2D eigenvalue weighted by Crippen LogP contribution is -2.05. The average molecular weight is 406 g/mol. The van der Waals surface area contributed by atoms with Crippen LogP contribution in [0.1, 0.15) is 5.56 Å². The zero-order valence-electron chi connectivity index (χ0n) is 16.9. The van der Waals surface area contributed by atoms with Crippen molar-refractivity contribution in [1.29, 1.82) is 0 Å². The molecule has 4 aromatic rings. The SMILES string of the molecule is COc1cc(CNc2ccc3ncc(-c4ccc(O)cc4)n3n2)cc(OC)c1OC. The van der Waals surface area contributed by atoms with Crippen LogP contribution < -0.4 is 19.5 Å². The second-order valence-corrected chi connectivity index (χ2v) is 6.57. The predicted molar refractivity (Wildman–Crippen MR) is 114 cm³/mol. The van der Waals surface area contributed by atoms with Crippen LogP contribution in [0.2, 0.25) is 0 Å². The van der Waals surface area contributed by atoms with Crippen molar-refractivity contribution < 1.29 is 19.3 Å². The third-order valence-corrected chi connectivity index (χ3v) is 4.72. The summed E-state index contributed by atoms with van der Waals surface area (Å²) in [4.78, 5) is 4.40. The molecule has 0 spiro atoms. The van der Waals surface area contributed by atoms with E-state index in [-0.39, 0.29) is 5.75 Å². The van der Waals surface area contributed by atoms with Gasteiger partial charge in [-0.25, -0.2) is 9.50 Å². The Hall–Kier alpha value is -3.94. The van der Waals surface area contributed by atoms with E-state index in [1.54, 1.807) is 44.2 Å². The van der Waals surface area contributed by atoms with Crippen LogP contribution in [0.4, 0.5) is 5.82 Å². The van der Waals surface area contributed by atoms with E-state index in [9.17, 15) is 5.11 Å². The molecule has 0 aliphatic rings. The highest BCUT2D eigenvalue weighted by atomic mass is 16.5. The van der Waals surface area contributed by atoms with Gasteiger partial charge in [-0.3, -0.25) is 0 Å². The summed E-state index contributed by atoms with van der Waals surface area (Å²) < 4.78 is 18.0. The van der Waals surface area contributed by atoms with Crippen LogP contribution in [-0.2, 0) is 6.54 Å². The first kappa shape index (κ1) is 19.4. The zero-order chi connectivity index (χ0) is 21.1. The number of benzene rings is 2. The molecule has 0 unspecified atom stereocenters. The van der Waals surface area contributed by atoms with Crippen molar-refractivity contribution in [3.05, 3.63) is 60.3 Å². The minimum atomic E-state index is 0.216. The Balaban J connectivity index is 1.60. The number of fused-ring (bicyclic) bond motifs is 1. The lowest BCUT2D eigenvalue weighted by Gasteiger charge is -2.14. The number of methoxy groups -OCH3 is 3. The summed E-state index contributed by atoms with van der Waals surface area (Å²) in [5, 5.41) is 17.5. The number of ether oxygens (including phenoxy) is 3. The summed E-state index contributed by atoms with van der Waals surface area (Å²) in [6.45, 7) is 0.512. The quantitative estimate of drug-likeness (QED) is 0.483. The maximum Gasteiger partial charge on any atom is 0.203 e. The molecule has 2 N–H and O–H groups in total. The minimum absolute atomic E-state index is 0.216. The van der Waals surface area contributed by atoms with Crippen LogP contribution in [0.15, 0.2) is 54.7 Å². The van der Waals surface area contributed by atoms with Crippen LogP contribution in [0.5, 0.6) is 23.0 Å². The Morgan fingerprint density at radius 2 is 1.63 bits per heavy atom. The van der Waals surface area contributed by atoms with Gasteiger partial charge in [-0.2, -0.15) is 0 Å². The van der Waals surface area contributed by atoms with Gasteiger partial charge in [0.1, 0.15) is 11.6 Å². The predicted octanol–water partition coefficient (Wildman–Crippen LogP) is 3.74. The summed E-state index contributed by atoms with van der Waals surface area (Å²) in [7, 11) is 4.76. The molecule has 0 amide bonds. The van der Waals surface area contributed by atoms with Gasteiger partial charge in [0.2, 0.25) is 5.75 Å². The maximum atomic E-state index is 9.52. The smallest absolute Gasteiger partial charge is 0.203 e. The second kappa shape index (κ2) is 8.20. The van der Waals surface area contributed by atoms with Gasteiger partial charge >= 0.3 is 0 Å². The van der Waals surface area contributed by atoms with E-state index in [0.29, 0.717) is 29.6 Å². The third-order valence-electron chi connectivity index (χ3n) is 4.72. The topological polar surface area (TPSA) is 90.1 Å². The van der Waals surface area contributed by atoms with Gasteiger partial charge in [0.15, 0.2) is 17.1 Å². The fourth-order valence-corrected chi connectivity index (χ4v) is 3.23. The Morgan fingerprint density at radius 1 is 0.933 bits per heavy atom. The van der Waals surface area contributed by atoms with Crippen molar-refractivity contribution in [1.82, 2.24) is 14.6 Å². The number of aromatic nitrogens is 3. The normalized spacial score (nSPS) is 10.8. The van der Waals surface area contributed by atoms with Gasteiger partial charge < -0.3 is 24.6 Å². The number of nitrogens with one attached hydrogen (secondary N) is 1. The van der Waals surface area contributed by atoms with Gasteiger partial charge in [0, 0.05) is 12.1 Å². The Kier molecular flexibility index (Phi) is 5.30. The van der Waals surface area contributed by atoms with Crippen LogP contribution in [0.3, 0.4) is 0 Å². The van der Waals surface area contributed by atoms with Crippen molar-refractivity contribution in [2.45, 2.75) is 6.54 Å². The summed E-state index contributed by atoms with van der Waals surface area (Å²) >= 11 is 0. The molecule has 2 heterocycles. The molecule has 30 heavy (non-hydrogen) atoms. The van der Waals surface area contributed by atoms with E-state index in [1.807, 2.05) is 36.4 Å². The van der Waals surface area contributed by atoms with Crippen molar-refractivity contribution in [2.24, 2.45) is 0 Å². The van der Waals surface area contributed by atoms with E-state index in [1.165, 1.54) is 0 Å². The third kappa shape index (κ3) is 3.67. The maximum absolute atomic E-state index is 9.52. The molecule has 0 bridgehead atoms. The number of phenolic OH excluding ortho intramolecular Hbond substituents is 1. The van der Waals surface area contributed by atoms with Crippen molar-refractivity contribution in [3.63, 3.8) is 0 Å². The lowest BCUT2D eigenvalue weighted by atomic mass is 10.1. The van der Waals surface area contributed by atoms with E-state index >= 15 is 0 Å². The molecule has 154 valence electrons. The zero-order valence-corrected chi connectivity index (χ0v) is 16.9. The highest BCUT2D eigenvalue weighted by Gasteiger charge is 2.13. The molecule has 2 aromatic heterocycles. The molecule has 0 aliphatic heterocycles. The monoisotopic (exact) mass is 406 g/mol.